The number of H-pyrrole nitrogens is 1. The average Bonchev–Trinajstić information content (AvgIpc) is 2.75. The lowest BCUT2D eigenvalue weighted by molar-refractivity contribution is 0.103. The number of aryl methyl sites for hydroxylation is 1. The molecule has 4 heteroatoms. The van der Waals surface area contributed by atoms with E-state index in [-0.39, 0.29) is 9.20 Å². The minimum absolute atomic E-state index is 0.0505. The van der Waals surface area contributed by atoms with Gasteiger partial charge in [-0.05, 0) is 18.4 Å². The van der Waals surface area contributed by atoms with E-state index in [0.717, 1.165) is 17.9 Å². The van der Waals surface area contributed by atoms with Gasteiger partial charge < -0.3 is 10.3 Å². The summed E-state index contributed by atoms with van der Waals surface area (Å²) < 4.78 is -0.0505. The van der Waals surface area contributed by atoms with E-state index in [2.05, 4.69) is 46.7 Å². The van der Waals surface area contributed by atoms with Crippen LogP contribution in [0.15, 0.2) is 18.0 Å². The number of ketones is 1. The number of carbonyl (C=O) groups excluding carboxylic acids is 1. The first-order valence-electron chi connectivity index (χ1n) is 5.43. The summed E-state index contributed by atoms with van der Waals surface area (Å²) in [6, 6.07) is 0. The van der Waals surface area contributed by atoms with Gasteiger partial charge in [0.15, 0.2) is 0 Å². The predicted molar refractivity (Wildman–Crippen MR) is 70.8 cm³/mol. The van der Waals surface area contributed by atoms with Crippen molar-refractivity contribution < 1.29 is 4.79 Å². The van der Waals surface area contributed by atoms with Gasteiger partial charge in [0, 0.05) is 30.1 Å². The summed E-state index contributed by atoms with van der Waals surface area (Å²) in [5, 5.41) is 3.36. The van der Waals surface area contributed by atoms with Crippen LogP contribution in [-0.2, 0) is 3.42 Å². The van der Waals surface area contributed by atoms with E-state index >= 15 is 0 Å². The van der Waals surface area contributed by atoms with Gasteiger partial charge in [0.2, 0.25) is 5.78 Å². The van der Waals surface area contributed by atoms with Gasteiger partial charge in [-0.25, -0.2) is 0 Å². The van der Waals surface area contributed by atoms with Crippen LogP contribution in [0.1, 0.15) is 28.5 Å². The Morgan fingerprint density at radius 3 is 3.06 bits per heavy atom. The van der Waals surface area contributed by atoms with E-state index in [4.69, 9.17) is 0 Å². The summed E-state index contributed by atoms with van der Waals surface area (Å²) in [5.74, 6) is 0.590. The van der Waals surface area contributed by atoms with Gasteiger partial charge in [-0.3, -0.25) is 4.79 Å². The minimum Gasteiger partial charge on any atom is -0.387 e. The Balaban J connectivity index is 2.32. The summed E-state index contributed by atoms with van der Waals surface area (Å²) >= 11 is 2.49. The fraction of sp³-hybridized carbons (Fsp3) is 0.417. The molecule has 0 bridgehead atoms. The van der Waals surface area contributed by atoms with Crippen LogP contribution in [0.5, 0.6) is 0 Å². The zero-order valence-electron chi connectivity index (χ0n) is 9.23. The van der Waals surface area contributed by atoms with Gasteiger partial charge in [-0.2, -0.15) is 0 Å². The number of fused-ring (bicyclic) bond motifs is 3. The summed E-state index contributed by atoms with van der Waals surface area (Å²) in [6.45, 7) is 5.23. The van der Waals surface area contributed by atoms with Crippen molar-refractivity contribution in [3.8, 4) is 0 Å². The SMILES string of the molecule is Cc1c[nH]c2c1C1(I)C(=CC2=O)NC[C@H]1C. The molecular formula is C12H13IN2O. The molecule has 0 aromatic carbocycles. The van der Waals surface area contributed by atoms with Gasteiger partial charge in [0.05, 0.1) is 9.12 Å². The van der Waals surface area contributed by atoms with Crippen LogP contribution in [0.25, 0.3) is 0 Å². The Kier molecular flexibility index (Phi) is 2.02. The lowest BCUT2D eigenvalue weighted by Crippen LogP contribution is -2.31. The summed E-state index contributed by atoms with van der Waals surface area (Å²) in [5.41, 5.74) is 4.19. The number of hydrogen-bond acceptors (Lipinski definition) is 2. The number of hydrogen-bond donors (Lipinski definition) is 2. The summed E-state index contributed by atoms with van der Waals surface area (Å²) in [4.78, 5) is 15.0. The maximum Gasteiger partial charge on any atom is 0.204 e. The molecule has 3 rings (SSSR count). The van der Waals surface area contributed by atoms with Crippen molar-refractivity contribution in [1.82, 2.24) is 10.3 Å². The number of nitrogens with one attached hydrogen (secondary N) is 2. The molecule has 1 saturated heterocycles. The Labute approximate surface area is 108 Å². The molecule has 0 amide bonds. The van der Waals surface area contributed by atoms with E-state index in [1.54, 1.807) is 6.08 Å². The Morgan fingerprint density at radius 2 is 2.31 bits per heavy atom. The molecule has 1 aliphatic heterocycles. The smallest absolute Gasteiger partial charge is 0.204 e. The molecule has 84 valence electrons. The lowest BCUT2D eigenvalue weighted by Gasteiger charge is -2.31. The van der Waals surface area contributed by atoms with Crippen LogP contribution >= 0.6 is 22.6 Å². The highest BCUT2D eigenvalue weighted by molar-refractivity contribution is 14.1. The molecule has 0 radical (unpaired) electrons. The molecular weight excluding hydrogens is 315 g/mol. The normalized spacial score (nSPS) is 31.8. The van der Waals surface area contributed by atoms with Crippen LogP contribution in [0.3, 0.4) is 0 Å². The zero-order valence-corrected chi connectivity index (χ0v) is 11.4. The minimum atomic E-state index is -0.0505. The molecule has 2 N–H and O–H groups in total. The Bertz CT molecular complexity index is 517. The van der Waals surface area contributed by atoms with Crippen molar-refractivity contribution in [2.45, 2.75) is 17.3 Å². The van der Waals surface area contributed by atoms with Crippen LogP contribution in [-0.4, -0.2) is 17.3 Å². The number of halogens is 1. The van der Waals surface area contributed by atoms with E-state index in [1.165, 1.54) is 11.1 Å². The third kappa shape index (κ3) is 1.06. The van der Waals surface area contributed by atoms with E-state index in [9.17, 15) is 4.79 Å². The number of alkyl halides is 1. The molecule has 3 nitrogen and oxygen atoms in total. The first kappa shape index (κ1) is 10.4. The maximum absolute atomic E-state index is 11.9. The first-order chi connectivity index (χ1) is 7.55. The van der Waals surface area contributed by atoms with Gasteiger partial charge >= 0.3 is 0 Å². The standard InChI is InChI=1S/C12H13IN2O/c1-6-4-15-11-8(16)3-9-12(13,10(6)11)7(2)5-14-9/h3-4,7,14-15H,5H2,1-2H3/t7-,12?/m1/s1. The number of allylic oxidation sites excluding steroid dienone is 2. The largest absolute Gasteiger partial charge is 0.387 e. The van der Waals surface area contributed by atoms with Crippen LogP contribution < -0.4 is 5.32 Å². The van der Waals surface area contributed by atoms with Crippen LogP contribution in [0.4, 0.5) is 0 Å². The fourth-order valence-electron chi connectivity index (χ4n) is 2.72. The molecule has 2 aliphatic rings. The van der Waals surface area contributed by atoms with Gasteiger partial charge in [0.1, 0.15) is 0 Å². The van der Waals surface area contributed by atoms with Crippen LogP contribution in [0.2, 0.25) is 0 Å². The lowest BCUT2D eigenvalue weighted by atomic mass is 9.82. The monoisotopic (exact) mass is 328 g/mol. The second-order valence-electron chi connectivity index (χ2n) is 4.64. The quantitative estimate of drug-likeness (QED) is 0.567. The Hall–Kier alpha value is -0.780. The maximum atomic E-state index is 11.9. The molecule has 1 aliphatic carbocycles. The first-order valence-corrected chi connectivity index (χ1v) is 6.50. The highest BCUT2D eigenvalue weighted by atomic mass is 127. The second kappa shape index (κ2) is 3.12. The average molecular weight is 328 g/mol. The number of carbonyl (C=O) groups is 1. The molecule has 0 spiro atoms. The number of aromatic amines is 1. The van der Waals surface area contributed by atoms with Crippen molar-refractivity contribution in [3.05, 3.63) is 34.8 Å². The predicted octanol–water partition coefficient (Wildman–Crippen LogP) is 2.27. The molecule has 1 aromatic rings. The van der Waals surface area contributed by atoms with Gasteiger partial charge in [0.25, 0.3) is 0 Å². The van der Waals surface area contributed by atoms with Crippen molar-refractivity contribution >= 4 is 28.4 Å². The third-order valence-electron chi connectivity index (χ3n) is 3.63. The number of aromatic nitrogens is 1. The second-order valence-corrected chi connectivity index (χ2v) is 6.34. The van der Waals surface area contributed by atoms with Crippen molar-refractivity contribution in [2.24, 2.45) is 5.92 Å². The van der Waals surface area contributed by atoms with Gasteiger partial charge in [-0.1, -0.05) is 29.5 Å². The summed E-state index contributed by atoms with van der Waals surface area (Å²) in [6.07, 6.45) is 3.68. The molecule has 16 heavy (non-hydrogen) atoms. The molecule has 1 aromatic heterocycles. The Morgan fingerprint density at radius 1 is 1.56 bits per heavy atom. The highest BCUT2D eigenvalue weighted by Crippen LogP contribution is 2.52. The zero-order chi connectivity index (χ0) is 11.5. The van der Waals surface area contributed by atoms with E-state index < -0.39 is 0 Å². The van der Waals surface area contributed by atoms with Gasteiger partial charge in [-0.15, -0.1) is 0 Å². The molecule has 2 atom stereocenters. The van der Waals surface area contributed by atoms with Crippen molar-refractivity contribution in [3.63, 3.8) is 0 Å². The molecule has 2 heterocycles. The topological polar surface area (TPSA) is 44.9 Å². The molecule has 1 fully saturated rings. The molecule has 0 saturated carbocycles. The van der Waals surface area contributed by atoms with Crippen LogP contribution in [0, 0.1) is 12.8 Å². The third-order valence-corrected chi connectivity index (χ3v) is 5.82. The van der Waals surface area contributed by atoms with E-state index in [0.29, 0.717) is 5.92 Å². The van der Waals surface area contributed by atoms with Crippen molar-refractivity contribution in [1.29, 1.82) is 0 Å². The van der Waals surface area contributed by atoms with Crippen molar-refractivity contribution in [2.75, 3.05) is 6.54 Å². The van der Waals surface area contributed by atoms with E-state index in [1.807, 2.05) is 6.20 Å². The molecule has 1 unspecified atom stereocenters. The summed E-state index contributed by atoms with van der Waals surface area (Å²) in [7, 11) is 0. The highest BCUT2D eigenvalue weighted by Gasteiger charge is 2.49. The number of rotatable bonds is 0. The fourth-order valence-corrected chi connectivity index (χ4v) is 3.98.